The molecule has 0 atom stereocenters. The van der Waals surface area contributed by atoms with Crippen LogP contribution < -0.4 is 0 Å². The summed E-state index contributed by atoms with van der Waals surface area (Å²) in [5, 5.41) is 9.68. The van der Waals surface area contributed by atoms with Crippen molar-refractivity contribution in [3.8, 4) is 0 Å². The normalized spacial score (nSPS) is 9.00. The Bertz CT molecular complexity index is 94.6. The second-order valence-corrected chi connectivity index (χ2v) is 1.49. The first-order valence-electron chi connectivity index (χ1n) is 2.27. The standard InChI is InChI=1S/C5H7F2O/c1-4(2-3-8)5(6)7/h2-3H2,1H3. The summed E-state index contributed by atoms with van der Waals surface area (Å²) in [5.74, 6) is 0. The fourth-order valence-corrected chi connectivity index (χ4v) is 0.248. The summed E-state index contributed by atoms with van der Waals surface area (Å²) >= 11 is 0. The monoisotopic (exact) mass is 121 g/mol. The number of rotatable bonds is 2. The van der Waals surface area contributed by atoms with E-state index in [1.54, 1.807) is 0 Å². The average molecular weight is 121 g/mol. The molecule has 0 saturated heterocycles. The van der Waals surface area contributed by atoms with Crippen molar-refractivity contribution < 1.29 is 13.9 Å². The number of halogens is 2. The molecule has 0 aromatic carbocycles. The molecule has 0 saturated carbocycles. The SMILES string of the molecule is CC(CC[O])=C(F)F. The number of hydrogen-bond donors (Lipinski definition) is 0. The van der Waals surface area contributed by atoms with Crippen LogP contribution in [0.2, 0.25) is 0 Å². The quantitative estimate of drug-likeness (QED) is 0.532. The van der Waals surface area contributed by atoms with Gasteiger partial charge in [0, 0.05) is 6.42 Å². The van der Waals surface area contributed by atoms with Crippen molar-refractivity contribution in [1.82, 2.24) is 0 Å². The van der Waals surface area contributed by atoms with E-state index < -0.39 is 12.7 Å². The van der Waals surface area contributed by atoms with E-state index in [1.807, 2.05) is 0 Å². The summed E-state index contributed by atoms with van der Waals surface area (Å²) in [6.07, 6.45) is -1.76. The maximum atomic E-state index is 11.4. The summed E-state index contributed by atoms with van der Waals surface area (Å²) in [6, 6.07) is 0. The molecule has 0 aliphatic carbocycles. The second kappa shape index (κ2) is 3.55. The van der Waals surface area contributed by atoms with Crippen molar-refractivity contribution in [2.75, 3.05) is 6.61 Å². The van der Waals surface area contributed by atoms with Gasteiger partial charge in [-0.05, 0) is 12.5 Å². The van der Waals surface area contributed by atoms with Gasteiger partial charge in [0.05, 0.1) is 6.61 Å². The van der Waals surface area contributed by atoms with Gasteiger partial charge in [0.25, 0.3) is 6.08 Å². The van der Waals surface area contributed by atoms with Gasteiger partial charge in [-0.1, -0.05) is 0 Å². The zero-order chi connectivity index (χ0) is 6.57. The largest absolute Gasteiger partial charge is 0.269 e. The first-order chi connectivity index (χ1) is 3.68. The predicted molar refractivity (Wildman–Crippen MR) is 25.1 cm³/mol. The van der Waals surface area contributed by atoms with Crippen LogP contribution in [0.4, 0.5) is 8.78 Å². The van der Waals surface area contributed by atoms with Gasteiger partial charge in [0.15, 0.2) is 0 Å². The Morgan fingerprint density at radius 2 is 2.00 bits per heavy atom. The lowest BCUT2D eigenvalue weighted by Gasteiger charge is -1.89. The van der Waals surface area contributed by atoms with Gasteiger partial charge in [-0.15, -0.1) is 0 Å². The molecule has 0 aromatic rings. The van der Waals surface area contributed by atoms with E-state index in [0.717, 1.165) is 0 Å². The van der Waals surface area contributed by atoms with Crippen molar-refractivity contribution in [1.29, 1.82) is 0 Å². The van der Waals surface area contributed by atoms with E-state index in [2.05, 4.69) is 0 Å². The molecule has 1 nitrogen and oxygen atoms in total. The van der Waals surface area contributed by atoms with Crippen molar-refractivity contribution in [3.05, 3.63) is 11.7 Å². The Morgan fingerprint density at radius 3 is 2.12 bits per heavy atom. The highest BCUT2D eigenvalue weighted by atomic mass is 19.3. The Labute approximate surface area is 46.6 Å². The fourth-order valence-electron chi connectivity index (χ4n) is 0.248. The Hall–Kier alpha value is -0.440. The van der Waals surface area contributed by atoms with Gasteiger partial charge < -0.3 is 0 Å². The minimum absolute atomic E-state index is 0.0394. The Kier molecular flexibility index (Phi) is 3.35. The van der Waals surface area contributed by atoms with Gasteiger partial charge >= 0.3 is 0 Å². The molecule has 8 heavy (non-hydrogen) atoms. The van der Waals surface area contributed by atoms with Crippen LogP contribution in [0.1, 0.15) is 13.3 Å². The maximum absolute atomic E-state index is 11.4. The van der Waals surface area contributed by atoms with E-state index in [9.17, 15) is 13.9 Å². The third-order valence-corrected chi connectivity index (χ3v) is 0.800. The lowest BCUT2D eigenvalue weighted by atomic mass is 10.2. The smallest absolute Gasteiger partial charge is 0.236 e. The highest BCUT2D eigenvalue weighted by Gasteiger charge is 1.96. The molecule has 0 aliphatic rings. The third kappa shape index (κ3) is 2.69. The van der Waals surface area contributed by atoms with Gasteiger partial charge in [-0.2, -0.15) is 8.78 Å². The fraction of sp³-hybridized carbons (Fsp3) is 0.600. The highest BCUT2D eigenvalue weighted by Crippen LogP contribution is 2.09. The van der Waals surface area contributed by atoms with Gasteiger partial charge in [-0.3, -0.25) is 0 Å². The van der Waals surface area contributed by atoms with Crippen molar-refractivity contribution in [2.45, 2.75) is 13.3 Å². The summed E-state index contributed by atoms with van der Waals surface area (Å²) in [5.41, 5.74) is -0.0972. The number of hydrogen-bond acceptors (Lipinski definition) is 0. The minimum atomic E-state index is -1.72. The molecular formula is C5H7F2O. The van der Waals surface area contributed by atoms with Gasteiger partial charge in [0.2, 0.25) is 0 Å². The summed E-state index contributed by atoms with van der Waals surface area (Å²) in [7, 11) is 0. The summed E-state index contributed by atoms with van der Waals surface area (Å²) in [6.45, 7) is 0.802. The van der Waals surface area contributed by atoms with Gasteiger partial charge in [-0.25, -0.2) is 5.11 Å². The van der Waals surface area contributed by atoms with Crippen LogP contribution in [0.5, 0.6) is 0 Å². The van der Waals surface area contributed by atoms with Crippen molar-refractivity contribution in [3.63, 3.8) is 0 Å². The van der Waals surface area contributed by atoms with Crippen LogP contribution in [0.3, 0.4) is 0 Å². The Morgan fingerprint density at radius 1 is 1.50 bits per heavy atom. The molecule has 0 aromatic heterocycles. The van der Waals surface area contributed by atoms with E-state index in [-0.39, 0.29) is 12.0 Å². The molecule has 0 amide bonds. The average Bonchev–Trinajstić information content (AvgIpc) is 1.67. The van der Waals surface area contributed by atoms with Crippen molar-refractivity contribution >= 4 is 0 Å². The molecule has 0 aliphatic heterocycles. The molecule has 0 spiro atoms. The van der Waals surface area contributed by atoms with E-state index in [0.29, 0.717) is 0 Å². The molecule has 0 unspecified atom stereocenters. The second-order valence-electron chi connectivity index (χ2n) is 1.49. The third-order valence-electron chi connectivity index (χ3n) is 0.800. The summed E-state index contributed by atoms with van der Waals surface area (Å²) < 4.78 is 22.7. The van der Waals surface area contributed by atoms with E-state index in [1.165, 1.54) is 6.92 Å². The van der Waals surface area contributed by atoms with Crippen LogP contribution in [-0.2, 0) is 5.11 Å². The summed E-state index contributed by atoms with van der Waals surface area (Å²) in [4.78, 5) is 0. The topological polar surface area (TPSA) is 19.9 Å². The van der Waals surface area contributed by atoms with Crippen LogP contribution in [0.15, 0.2) is 11.7 Å². The zero-order valence-corrected chi connectivity index (χ0v) is 4.58. The molecule has 0 bridgehead atoms. The van der Waals surface area contributed by atoms with Crippen LogP contribution >= 0.6 is 0 Å². The molecule has 0 heterocycles. The molecule has 0 fully saturated rings. The van der Waals surface area contributed by atoms with Gasteiger partial charge in [0.1, 0.15) is 0 Å². The molecular weight excluding hydrogens is 114 g/mol. The van der Waals surface area contributed by atoms with E-state index >= 15 is 0 Å². The molecule has 1 radical (unpaired) electrons. The lowest BCUT2D eigenvalue weighted by Crippen LogP contribution is -1.82. The van der Waals surface area contributed by atoms with Crippen LogP contribution in [0.25, 0.3) is 0 Å². The molecule has 0 N–H and O–H groups in total. The minimum Gasteiger partial charge on any atom is -0.236 e. The Balaban J connectivity index is 3.62. The maximum Gasteiger partial charge on any atom is 0.269 e. The zero-order valence-electron chi connectivity index (χ0n) is 4.58. The van der Waals surface area contributed by atoms with E-state index in [4.69, 9.17) is 0 Å². The molecule has 47 valence electrons. The first-order valence-corrected chi connectivity index (χ1v) is 2.27. The highest BCUT2D eigenvalue weighted by molar-refractivity contribution is 4.97. The lowest BCUT2D eigenvalue weighted by molar-refractivity contribution is 0.195. The molecule has 3 heteroatoms. The molecule has 0 rings (SSSR count). The first kappa shape index (κ1) is 7.56. The van der Waals surface area contributed by atoms with Crippen molar-refractivity contribution in [2.24, 2.45) is 0 Å². The predicted octanol–water partition coefficient (Wildman–Crippen LogP) is 1.98. The van der Waals surface area contributed by atoms with Crippen LogP contribution in [-0.4, -0.2) is 6.61 Å². The van der Waals surface area contributed by atoms with Crippen LogP contribution in [0, 0.1) is 0 Å².